The monoisotopic (exact) mass is 334 g/mol. The number of piperidine rings is 1. The molecule has 2 saturated heterocycles. The normalized spacial score (nSPS) is 28.2. The van der Waals surface area contributed by atoms with Gasteiger partial charge in [-0.1, -0.05) is 5.16 Å². The van der Waals surface area contributed by atoms with Crippen molar-refractivity contribution in [2.45, 2.75) is 43.9 Å². The lowest BCUT2D eigenvalue weighted by Gasteiger charge is -2.30. The molecule has 7 heteroatoms. The van der Waals surface area contributed by atoms with Gasteiger partial charge in [0.05, 0.1) is 13.2 Å². The molecule has 7 nitrogen and oxygen atoms in total. The molecule has 1 aromatic heterocycles. The molecule has 1 N–H and O–H groups in total. The quantitative estimate of drug-likeness (QED) is 0.844. The van der Waals surface area contributed by atoms with E-state index in [0.717, 1.165) is 63.8 Å². The van der Waals surface area contributed by atoms with Crippen LogP contribution in [0.1, 0.15) is 55.7 Å². The van der Waals surface area contributed by atoms with E-state index in [2.05, 4.69) is 20.4 Å². The maximum Gasteiger partial charge on any atom is 0.234 e. The molecule has 1 amide bonds. The highest BCUT2D eigenvalue weighted by atomic mass is 16.5. The van der Waals surface area contributed by atoms with Gasteiger partial charge in [-0.3, -0.25) is 9.69 Å². The first kappa shape index (κ1) is 16.0. The molecule has 24 heavy (non-hydrogen) atoms. The maximum absolute atomic E-state index is 12.2. The molecular weight excluding hydrogens is 308 g/mol. The number of nitrogens with one attached hydrogen (secondary N) is 1. The largest absolute Gasteiger partial charge is 0.381 e. The third-order valence-electron chi connectivity index (χ3n) is 5.23. The number of likely N-dealkylation sites (tertiary alicyclic amines) is 1. The lowest BCUT2D eigenvalue weighted by atomic mass is 9.97. The van der Waals surface area contributed by atoms with Crippen molar-refractivity contribution in [3.8, 4) is 0 Å². The molecule has 3 aliphatic rings. The number of carbonyl (C=O) groups excluding carboxylic acids is 1. The summed E-state index contributed by atoms with van der Waals surface area (Å²) in [5.41, 5.74) is 0. The van der Waals surface area contributed by atoms with Gasteiger partial charge in [0, 0.05) is 37.5 Å². The van der Waals surface area contributed by atoms with Crippen LogP contribution in [0.25, 0.3) is 0 Å². The van der Waals surface area contributed by atoms with Crippen molar-refractivity contribution >= 4 is 5.91 Å². The first-order chi connectivity index (χ1) is 11.8. The zero-order valence-corrected chi connectivity index (χ0v) is 14.1. The van der Waals surface area contributed by atoms with Crippen molar-refractivity contribution < 1.29 is 14.1 Å². The standard InChI is InChI=1S/C17H26N4O3/c22-15(18-8-12-5-7-23-11-12)10-21-6-1-2-14(9-21)16-19-17(24-20-16)13-3-4-13/h12-14H,1-11H2,(H,18,22)/t12-,14-/m1/s1. The Bertz CT molecular complexity index is 566. The Labute approximate surface area is 142 Å². The summed E-state index contributed by atoms with van der Waals surface area (Å²) in [7, 11) is 0. The lowest BCUT2D eigenvalue weighted by molar-refractivity contribution is -0.122. The van der Waals surface area contributed by atoms with Crippen LogP contribution in [-0.4, -0.2) is 60.3 Å². The van der Waals surface area contributed by atoms with Crippen LogP contribution in [0.3, 0.4) is 0 Å². The second kappa shape index (κ2) is 7.19. The van der Waals surface area contributed by atoms with Crippen LogP contribution in [-0.2, 0) is 9.53 Å². The van der Waals surface area contributed by atoms with Crippen LogP contribution in [0.4, 0.5) is 0 Å². The van der Waals surface area contributed by atoms with E-state index in [1.807, 2.05) is 0 Å². The van der Waals surface area contributed by atoms with Crippen molar-refractivity contribution in [3.05, 3.63) is 11.7 Å². The summed E-state index contributed by atoms with van der Waals surface area (Å²) in [6.45, 7) is 4.58. The molecule has 1 saturated carbocycles. The van der Waals surface area contributed by atoms with Crippen molar-refractivity contribution in [1.82, 2.24) is 20.4 Å². The summed E-state index contributed by atoms with van der Waals surface area (Å²) in [6.07, 6.45) is 5.53. The minimum atomic E-state index is 0.106. The van der Waals surface area contributed by atoms with Crippen LogP contribution >= 0.6 is 0 Å². The number of amides is 1. The van der Waals surface area contributed by atoms with Gasteiger partial charge in [0.15, 0.2) is 5.82 Å². The second-order valence-electron chi connectivity index (χ2n) is 7.37. The van der Waals surface area contributed by atoms with Gasteiger partial charge in [-0.2, -0.15) is 4.98 Å². The van der Waals surface area contributed by atoms with Crippen LogP contribution < -0.4 is 5.32 Å². The maximum atomic E-state index is 12.2. The number of ether oxygens (including phenoxy) is 1. The topological polar surface area (TPSA) is 80.5 Å². The van der Waals surface area contributed by atoms with E-state index < -0.39 is 0 Å². The molecule has 1 aliphatic carbocycles. The summed E-state index contributed by atoms with van der Waals surface area (Å²) in [6, 6.07) is 0. The average Bonchev–Trinajstić information content (AvgIpc) is 3.12. The number of carbonyl (C=O) groups is 1. The van der Waals surface area contributed by atoms with E-state index >= 15 is 0 Å². The molecule has 2 aliphatic heterocycles. The predicted molar refractivity (Wildman–Crippen MR) is 86.6 cm³/mol. The fourth-order valence-electron chi connectivity index (χ4n) is 3.58. The zero-order chi connectivity index (χ0) is 16.4. The van der Waals surface area contributed by atoms with Crippen LogP contribution in [0, 0.1) is 5.92 Å². The third kappa shape index (κ3) is 3.95. The highest BCUT2D eigenvalue weighted by Gasteiger charge is 2.32. The molecule has 132 valence electrons. The summed E-state index contributed by atoms with van der Waals surface area (Å²) < 4.78 is 10.7. The van der Waals surface area contributed by atoms with E-state index in [4.69, 9.17) is 9.26 Å². The summed E-state index contributed by atoms with van der Waals surface area (Å²) >= 11 is 0. The lowest BCUT2D eigenvalue weighted by Crippen LogP contribution is -2.43. The van der Waals surface area contributed by atoms with E-state index in [-0.39, 0.29) is 11.8 Å². The predicted octanol–water partition coefficient (Wildman–Crippen LogP) is 1.28. The van der Waals surface area contributed by atoms with E-state index in [1.165, 1.54) is 12.8 Å². The molecule has 0 spiro atoms. The molecule has 3 heterocycles. The van der Waals surface area contributed by atoms with Crippen LogP contribution in [0.15, 0.2) is 4.52 Å². The Hall–Kier alpha value is -1.47. The first-order valence-corrected chi connectivity index (χ1v) is 9.18. The highest BCUT2D eigenvalue weighted by molar-refractivity contribution is 5.78. The minimum Gasteiger partial charge on any atom is -0.381 e. The van der Waals surface area contributed by atoms with Gasteiger partial charge in [0.1, 0.15) is 0 Å². The second-order valence-corrected chi connectivity index (χ2v) is 7.37. The number of hydrogen-bond donors (Lipinski definition) is 1. The number of rotatable bonds is 6. The Morgan fingerprint density at radius 3 is 2.96 bits per heavy atom. The summed E-state index contributed by atoms with van der Waals surface area (Å²) in [4.78, 5) is 19.0. The van der Waals surface area contributed by atoms with E-state index in [0.29, 0.717) is 18.4 Å². The van der Waals surface area contributed by atoms with Crippen molar-refractivity contribution in [2.75, 3.05) is 39.4 Å². The van der Waals surface area contributed by atoms with Gasteiger partial charge in [-0.15, -0.1) is 0 Å². The SMILES string of the molecule is O=C(CN1CCC[C@@H](c2noc(C3CC3)n2)C1)NC[C@H]1CCOC1. The third-order valence-corrected chi connectivity index (χ3v) is 5.23. The molecule has 0 aromatic carbocycles. The van der Waals surface area contributed by atoms with Gasteiger partial charge < -0.3 is 14.6 Å². The van der Waals surface area contributed by atoms with Crippen molar-refractivity contribution in [2.24, 2.45) is 5.92 Å². The Balaban J connectivity index is 1.25. The highest BCUT2D eigenvalue weighted by Crippen LogP contribution is 2.39. The molecule has 0 bridgehead atoms. The van der Waals surface area contributed by atoms with Crippen molar-refractivity contribution in [1.29, 1.82) is 0 Å². The first-order valence-electron chi connectivity index (χ1n) is 9.18. The Morgan fingerprint density at radius 1 is 1.25 bits per heavy atom. The van der Waals surface area contributed by atoms with E-state index in [1.54, 1.807) is 0 Å². The minimum absolute atomic E-state index is 0.106. The number of nitrogens with zero attached hydrogens (tertiary/aromatic N) is 3. The van der Waals surface area contributed by atoms with Crippen molar-refractivity contribution in [3.63, 3.8) is 0 Å². The Morgan fingerprint density at radius 2 is 2.17 bits per heavy atom. The fourth-order valence-corrected chi connectivity index (χ4v) is 3.58. The molecule has 3 fully saturated rings. The zero-order valence-electron chi connectivity index (χ0n) is 14.1. The summed E-state index contributed by atoms with van der Waals surface area (Å²) in [5, 5.41) is 7.22. The molecule has 0 unspecified atom stereocenters. The van der Waals surface area contributed by atoms with Gasteiger partial charge in [-0.25, -0.2) is 0 Å². The van der Waals surface area contributed by atoms with Gasteiger partial charge in [0.25, 0.3) is 0 Å². The number of aromatic nitrogens is 2. The molecular formula is C17H26N4O3. The Kier molecular flexibility index (Phi) is 4.80. The van der Waals surface area contributed by atoms with Crippen LogP contribution in [0.5, 0.6) is 0 Å². The van der Waals surface area contributed by atoms with Gasteiger partial charge in [-0.05, 0) is 38.6 Å². The van der Waals surface area contributed by atoms with Gasteiger partial charge in [0.2, 0.25) is 11.8 Å². The number of hydrogen-bond acceptors (Lipinski definition) is 6. The average molecular weight is 334 g/mol. The van der Waals surface area contributed by atoms with E-state index in [9.17, 15) is 4.79 Å². The molecule has 1 aromatic rings. The molecule has 0 radical (unpaired) electrons. The fraction of sp³-hybridized carbons (Fsp3) is 0.824. The summed E-state index contributed by atoms with van der Waals surface area (Å²) in [5.74, 6) is 2.99. The smallest absolute Gasteiger partial charge is 0.234 e. The van der Waals surface area contributed by atoms with Gasteiger partial charge >= 0.3 is 0 Å². The van der Waals surface area contributed by atoms with Crippen LogP contribution in [0.2, 0.25) is 0 Å². The molecule has 2 atom stereocenters. The molecule has 4 rings (SSSR count).